The first-order valence-corrected chi connectivity index (χ1v) is 8.61. The van der Waals surface area contributed by atoms with Crippen molar-refractivity contribution in [2.45, 2.75) is 13.3 Å². The van der Waals surface area contributed by atoms with Gasteiger partial charge in [-0.05, 0) is 18.1 Å². The van der Waals surface area contributed by atoms with Gasteiger partial charge in [0.05, 0.1) is 5.69 Å². The fraction of sp³-hybridized carbons (Fsp3) is 0.300. The van der Waals surface area contributed by atoms with Gasteiger partial charge >= 0.3 is 6.03 Å². The van der Waals surface area contributed by atoms with Gasteiger partial charge in [0, 0.05) is 38.7 Å². The highest BCUT2D eigenvalue weighted by Gasteiger charge is 2.20. The number of amides is 3. The van der Waals surface area contributed by atoms with Crippen LogP contribution in [0.2, 0.25) is 0 Å². The summed E-state index contributed by atoms with van der Waals surface area (Å²) in [5, 5.41) is 3.03. The quantitative estimate of drug-likeness (QED) is 0.913. The van der Waals surface area contributed by atoms with Crippen LogP contribution in [-0.2, 0) is 4.79 Å². The number of hydrogen-bond acceptors (Lipinski definition) is 2. The molecule has 1 saturated heterocycles. The monoisotopic (exact) mass is 337 g/mol. The molecule has 2 aromatic rings. The van der Waals surface area contributed by atoms with Crippen LogP contribution in [-0.4, -0.2) is 47.9 Å². The Kier molecular flexibility index (Phi) is 5.33. The molecule has 0 saturated carbocycles. The number of rotatable bonds is 2. The summed E-state index contributed by atoms with van der Waals surface area (Å²) in [6, 6.07) is 17.7. The van der Waals surface area contributed by atoms with Crippen molar-refractivity contribution in [1.29, 1.82) is 0 Å². The second kappa shape index (κ2) is 7.83. The number of nitrogens with one attached hydrogen (secondary N) is 1. The third kappa shape index (κ3) is 4.18. The van der Waals surface area contributed by atoms with Crippen LogP contribution in [0.1, 0.15) is 13.3 Å². The molecule has 0 bridgehead atoms. The molecule has 1 aliphatic heterocycles. The van der Waals surface area contributed by atoms with E-state index in [1.165, 1.54) is 0 Å². The predicted octanol–water partition coefficient (Wildman–Crippen LogP) is 3.44. The van der Waals surface area contributed by atoms with Crippen LogP contribution >= 0.6 is 0 Å². The molecule has 1 N–H and O–H groups in total. The van der Waals surface area contributed by atoms with Crippen LogP contribution < -0.4 is 5.32 Å². The van der Waals surface area contributed by atoms with E-state index in [1.54, 1.807) is 16.7 Å². The van der Waals surface area contributed by atoms with Crippen LogP contribution in [0.4, 0.5) is 10.5 Å². The zero-order valence-electron chi connectivity index (χ0n) is 14.4. The number of carbonyl (C=O) groups is 2. The summed E-state index contributed by atoms with van der Waals surface area (Å²) in [6.07, 6.45) is 0.799. The number of carbonyl (C=O) groups excluding carboxylic acids is 2. The van der Waals surface area contributed by atoms with Gasteiger partial charge in [-0.1, -0.05) is 48.5 Å². The van der Waals surface area contributed by atoms with Crippen molar-refractivity contribution in [3.05, 3.63) is 54.6 Å². The molecular weight excluding hydrogens is 314 g/mol. The van der Waals surface area contributed by atoms with Gasteiger partial charge in [0.2, 0.25) is 5.91 Å². The fourth-order valence-corrected chi connectivity index (χ4v) is 3.09. The molecule has 5 heteroatoms. The second-order valence-corrected chi connectivity index (χ2v) is 6.19. The van der Waals surface area contributed by atoms with Gasteiger partial charge in [-0.25, -0.2) is 4.79 Å². The summed E-state index contributed by atoms with van der Waals surface area (Å²) in [5.74, 6) is 0.0664. The summed E-state index contributed by atoms with van der Waals surface area (Å²) in [5.41, 5.74) is 2.86. The molecule has 1 heterocycles. The summed E-state index contributed by atoms with van der Waals surface area (Å²) in [7, 11) is 0. The molecule has 1 aliphatic rings. The van der Waals surface area contributed by atoms with Gasteiger partial charge in [-0.2, -0.15) is 0 Å². The molecule has 25 heavy (non-hydrogen) atoms. The van der Waals surface area contributed by atoms with Gasteiger partial charge < -0.3 is 15.1 Å². The van der Waals surface area contributed by atoms with E-state index in [1.807, 2.05) is 54.6 Å². The van der Waals surface area contributed by atoms with Crippen LogP contribution in [0.25, 0.3) is 11.1 Å². The SMILES string of the molecule is CC(=O)N1CCCN(C(=O)Nc2ccccc2-c2ccccc2)CC1. The summed E-state index contributed by atoms with van der Waals surface area (Å²) in [6.45, 7) is 4.08. The highest BCUT2D eigenvalue weighted by atomic mass is 16.2. The lowest BCUT2D eigenvalue weighted by molar-refractivity contribution is -0.128. The molecule has 3 amide bonds. The number of urea groups is 1. The van der Waals surface area contributed by atoms with Crippen LogP contribution in [0.5, 0.6) is 0 Å². The molecule has 2 aromatic carbocycles. The molecule has 5 nitrogen and oxygen atoms in total. The first-order chi connectivity index (χ1) is 12.1. The topological polar surface area (TPSA) is 52.7 Å². The fourth-order valence-electron chi connectivity index (χ4n) is 3.09. The Morgan fingerprint density at radius 3 is 2.24 bits per heavy atom. The number of hydrogen-bond donors (Lipinski definition) is 1. The van der Waals surface area contributed by atoms with E-state index in [0.29, 0.717) is 26.2 Å². The van der Waals surface area contributed by atoms with Crippen molar-refractivity contribution in [2.75, 3.05) is 31.5 Å². The maximum atomic E-state index is 12.7. The smallest absolute Gasteiger partial charge is 0.321 e. The molecule has 0 aliphatic carbocycles. The minimum absolute atomic E-state index is 0.0664. The predicted molar refractivity (Wildman–Crippen MR) is 99.3 cm³/mol. The molecule has 130 valence electrons. The lowest BCUT2D eigenvalue weighted by atomic mass is 10.0. The first-order valence-electron chi connectivity index (χ1n) is 8.61. The molecule has 3 rings (SSSR count). The van der Waals surface area contributed by atoms with Crippen LogP contribution in [0, 0.1) is 0 Å². The highest BCUT2D eigenvalue weighted by molar-refractivity contribution is 5.94. The van der Waals surface area contributed by atoms with Gasteiger partial charge in [0.25, 0.3) is 0 Å². The number of para-hydroxylation sites is 1. The Labute approximate surface area is 148 Å². The average Bonchev–Trinajstić information content (AvgIpc) is 2.89. The molecule has 0 radical (unpaired) electrons. The van der Waals surface area contributed by atoms with Crippen molar-refractivity contribution >= 4 is 17.6 Å². The average molecular weight is 337 g/mol. The minimum Gasteiger partial charge on any atom is -0.341 e. The van der Waals surface area contributed by atoms with E-state index in [9.17, 15) is 9.59 Å². The van der Waals surface area contributed by atoms with Gasteiger partial charge in [0.15, 0.2) is 0 Å². The van der Waals surface area contributed by atoms with E-state index in [-0.39, 0.29) is 11.9 Å². The standard InChI is InChI=1S/C20H23N3O2/c1-16(24)22-12-7-13-23(15-14-22)20(25)21-19-11-6-5-10-18(19)17-8-3-2-4-9-17/h2-6,8-11H,7,12-15H2,1H3,(H,21,25). The number of anilines is 1. The minimum atomic E-state index is -0.117. The van der Waals surface area contributed by atoms with Gasteiger partial charge in [0.1, 0.15) is 0 Å². The van der Waals surface area contributed by atoms with Gasteiger partial charge in [-0.15, -0.1) is 0 Å². The second-order valence-electron chi connectivity index (χ2n) is 6.19. The highest BCUT2D eigenvalue weighted by Crippen LogP contribution is 2.27. The normalized spacial score (nSPS) is 14.8. The maximum absolute atomic E-state index is 12.7. The number of nitrogens with zero attached hydrogens (tertiary/aromatic N) is 2. The van der Waals surface area contributed by atoms with Crippen molar-refractivity contribution in [3.8, 4) is 11.1 Å². The lowest BCUT2D eigenvalue weighted by Crippen LogP contribution is -2.38. The van der Waals surface area contributed by atoms with Crippen LogP contribution in [0.15, 0.2) is 54.6 Å². The Morgan fingerprint density at radius 1 is 0.840 bits per heavy atom. The number of benzene rings is 2. The molecular formula is C20H23N3O2. The van der Waals surface area contributed by atoms with Crippen LogP contribution in [0.3, 0.4) is 0 Å². The Balaban J connectivity index is 1.73. The summed E-state index contributed by atoms with van der Waals surface area (Å²) >= 11 is 0. The largest absolute Gasteiger partial charge is 0.341 e. The first kappa shape index (κ1) is 17.0. The molecule has 0 aromatic heterocycles. The zero-order valence-corrected chi connectivity index (χ0v) is 14.4. The zero-order chi connectivity index (χ0) is 17.6. The summed E-state index contributed by atoms with van der Waals surface area (Å²) < 4.78 is 0. The summed E-state index contributed by atoms with van der Waals surface area (Å²) in [4.78, 5) is 27.8. The van der Waals surface area contributed by atoms with E-state index in [0.717, 1.165) is 23.2 Å². The van der Waals surface area contributed by atoms with E-state index < -0.39 is 0 Å². The van der Waals surface area contributed by atoms with Crippen molar-refractivity contribution in [1.82, 2.24) is 9.80 Å². The third-order valence-electron chi connectivity index (χ3n) is 4.48. The molecule has 0 unspecified atom stereocenters. The lowest BCUT2D eigenvalue weighted by Gasteiger charge is -2.22. The Morgan fingerprint density at radius 2 is 1.48 bits per heavy atom. The Hall–Kier alpha value is -2.82. The molecule has 0 atom stereocenters. The van der Waals surface area contributed by atoms with E-state index in [2.05, 4.69) is 5.32 Å². The maximum Gasteiger partial charge on any atom is 0.321 e. The van der Waals surface area contributed by atoms with Crippen molar-refractivity contribution < 1.29 is 9.59 Å². The van der Waals surface area contributed by atoms with Crippen molar-refractivity contribution in [2.24, 2.45) is 0 Å². The molecule has 0 spiro atoms. The molecule has 1 fully saturated rings. The van der Waals surface area contributed by atoms with E-state index in [4.69, 9.17) is 0 Å². The van der Waals surface area contributed by atoms with Crippen molar-refractivity contribution in [3.63, 3.8) is 0 Å². The third-order valence-corrected chi connectivity index (χ3v) is 4.48. The van der Waals surface area contributed by atoms with Gasteiger partial charge in [-0.3, -0.25) is 4.79 Å². The Bertz CT molecular complexity index is 746. The van der Waals surface area contributed by atoms with E-state index >= 15 is 0 Å².